The number of carbonyl (C=O) groups is 1. The van der Waals surface area contributed by atoms with Crippen LogP contribution >= 0.6 is 0 Å². The second-order valence-corrected chi connectivity index (χ2v) is 6.40. The zero-order chi connectivity index (χ0) is 12.3. The zero-order valence-corrected chi connectivity index (χ0v) is 11.3. The highest BCUT2D eigenvalue weighted by Gasteiger charge is 2.30. The van der Waals surface area contributed by atoms with Gasteiger partial charge in [-0.2, -0.15) is 0 Å². The predicted octanol–water partition coefficient (Wildman–Crippen LogP) is 2.17. The number of nitrogens with one attached hydrogen (secondary N) is 1. The van der Waals surface area contributed by atoms with Crippen LogP contribution in [0.5, 0.6) is 0 Å². The summed E-state index contributed by atoms with van der Waals surface area (Å²) in [5.74, 6) is 0.340. The van der Waals surface area contributed by atoms with Crippen LogP contribution in [0.25, 0.3) is 0 Å². The van der Waals surface area contributed by atoms with Crippen LogP contribution in [0, 0.1) is 5.41 Å². The molecule has 1 N–H and O–H groups in total. The van der Waals surface area contributed by atoms with Crippen LogP contribution < -0.4 is 5.32 Å². The summed E-state index contributed by atoms with van der Waals surface area (Å²) in [5, 5.41) is 3.54. The molecular weight excluding hydrogens is 212 g/mol. The summed E-state index contributed by atoms with van der Waals surface area (Å²) in [6.45, 7) is 7.49. The van der Waals surface area contributed by atoms with Crippen molar-refractivity contribution in [2.24, 2.45) is 5.41 Å². The molecule has 0 bridgehead atoms. The molecule has 1 saturated heterocycles. The van der Waals surface area contributed by atoms with E-state index in [1.165, 1.54) is 32.1 Å². The minimum absolute atomic E-state index is 0.340. The Kier molecular flexibility index (Phi) is 4.08. The highest BCUT2D eigenvalue weighted by atomic mass is 16.2. The SMILES string of the molecule is CC1(C)CCC(NCCC(=O)N2CCCC2)C1. The van der Waals surface area contributed by atoms with Gasteiger partial charge in [-0.05, 0) is 37.5 Å². The Morgan fingerprint density at radius 1 is 1.35 bits per heavy atom. The van der Waals surface area contributed by atoms with Gasteiger partial charge in [0.2, 0.25) is 5.91 Å². The summed E-state index contributed by atoms with van der Waals surface area (Å²) in [4.78, 5) is 13.8. The number of hydrogen-bond donors (Lipinski definition) is 1. The van der Waals surface area contributed by atoms with Gasteiger partial charge in [0.15, 0.2) is 0 Å². The number of carbonyl (C=O) groups excluding carboxylic acids is 1. The molecule has 1 saturated carbocycles. The molecule has 1 amide bonds. The van der Waals surface area contributed by atoms with Crippen molar-refractivity contribution in [2.45, 2.75) is 58.4 Å². The Bertz CT molecular complexity index is 269. The molecule has 2 fully saturated rings. The Morgan fingerprint density at radius 3 is 2.65 bits per heavy atom. The molecule has 0 aromatic carbocycles. The second-order valence-electron chi connectivity index (χ2n) is 6.40. The molecule has 1 aliphatic carbocycles. The van der Waals surface area contributed by atoms with E-state index in [2.05, 4.69) is 19.2 Å². The molecule has 0 radical (unpaired) electrons. The van der Waals surface area contributed by atoms with Gasteiger partial charge < -0.3 is 10.2 Å². The van der Waals surface area contributed by atoms with Crippen molar-refractivity contribution in [1.82, 2.24) is 10.2 Å². The van der Waals surface area contributed by atoms with Crippen LogP contribution in [0.1, 0.15) is 52.4 Å². The van der Waals surface area contributed by atoms with Gasteiger partial charge in [-0.1, -0.05) is 13.8 Å². The highest BCUT2D eigenvalue weighted by Crippen LogP contribution is 2.36. The van der Waals surface area contributed by atoms with Crippen molar-refractivity contribution in [3.8, 4) is 0 Å². The molecule has 0 aromatic heterocycles. The van der Waals surface area contributed by atoms with Gasteiger partial charge >= 0.3 is 0 Å². The first kappa shape index (κ1) is 12.9. The average molecular weight is 238 g/mol. The molecule has 3 nitrogen and oxygen atoms in total. The standard InChI is InChI=1S/C14H26N2O/c1-14(2)7-5-12(11-14)15-8-6-13(17)16-9-3-4-10-16/h12,15H,3-11H2,1-2H3. The summed E-state index contributed by atoms with van der Waals surface area (Å²) in [6.07, 6.45) is 6.89. The van der Waals surface area contributed by atoms with Crippen LogP contribution in [0.3, 0.4) is 0 Å². The number of amides is 1. The number of nitrogens with zero attached hydrogens (tertiary/aromatic N) is 1. The summed E-state index contributed by atoms with van der Waals surface area (Å²) in [7, 11) is 0. The van der Waals surface area contributed by atoms with Gasteiger partial charge in [0.05, 0.1) is 0 Å². The van der Waals surface area contributed by atoms with Crippen molar-refractivity contribution >= 4 is 5.91 Å². The smallest absolute Gasteiger partial charge is 0.223 e. The van der Waals surface area contributed by atoms with E-state index >= 15 is 0 Å². The Morgan fingerprint density at radius 2 is 2.06 bits per heavy atom. The minimum Gasteiger partial charge on any atom is -0.343 e. The maximum atomic E-state index is 11.8. The van der Waals surface area contributed by atoms with E-state index in [-0.39, 0.29) is 0 Å². The van der Waals surface area contributed by atoms with Gasteiger partial charge in [0.25, 0.3) is 0 Å². The summed E-state index contributed by atoms with van der Waals surface area (Å²) in [5.41, 5.74) is 0.497. The molecule has 2 rings (SSSR count). The molecule has 3 heteroatoms. The number of hydrogen-bond acceptors (Lipinski definition) is 2. The summed E-state index contributed by atoms with van der Waals surface area (Å²) >= 11 is 0. The van der Waals surface area contributed by atoms with E-state index in [0.29, 0.717) is 23.8 Å². The van der Waals surface area contributed by atoms with Crippen LogP contribution in [0.2, 0.25) is 0 Å². The van der Waals surface area contributed by atoms with E-state index in [1.807, 2.05) is 4.90 Å². The van der Waals surface area contributed by atoms with E-state index in [0.717, 1.165) is 19.6 Å². The van der Waals surface area contributed by atoms with E-state index in [1.54, 1.807) is 0 Å². The second kappa shape index (κ2) is 5.38. The van der Waals surface area contributed by atoms with Gasteiger partial charge in [-0.15, -0.1) is 0 Å². The Labute approximate surface area is 105 Å². The third-order valence-corrected chi connectivity index (χ3v) is 4.20. The van der Waals surface area contributed by atoms with Crippen molar-refractivity contribution in [1.29, 1.82) is 0 Å². The fourth-order valence-electron chi connectivity index (χ4n) is 3.12. The van der Waals surface area contributed by atoms with Crippen molar-refractivity contribution in [3.05, 3.63) is 0 Å². The van der Waals surface area contributed by atoms with Gasteiger partial charge in [0, 0.05) is 32.1 Å². The first-order valence-corrected chi connectivity index (χ1v) is 7.08. The molecular formula is C14H26N2O. The predicted molar refractivity (Wildman–Crippen MR) is 69.9 cm³/mol. The zero-order valence-electron chi connectivity index (χ0n) is 11.3. The maximum Gasteiger partial charge on any atom is 0.223 e. The maximum absolute atomic E-state index is 11.8. The molecule has 0 spiro atoms. The lowest BCUT2D eigenvalue weighted by atomic mass is 9.92. The Balaban J connectivity index is 1.61. The number of rotatable bonds is 4. The van der Waals surface area contributed by atoms with Gasteiger partial charge in [-0.25, -0.2) is 0 Å². The van der Waals surface area contributed by atoms with Crippen LogP contribution in [-0.4, -0.2) is 36.5 Å². The van der Waals surface area contributed by atoms with Crippen molar-refractivity contribution in [3.63, 3.8) is 0 Å². The lowest BCUT2D eigenvalue weighted by molar-refractivity contribution is -0.130. The monoisotopic (exact) mass is 238 g/mol. The molecule has 1 unspecified atom stereocenters. The third kappa shape index (κ3) is 3.70. The van der Waals surface area contributed by atoms with Crippen LogP contribution in [0.15, 0.2) is 0 Å². The third-order valence-electron chi connectivity index (χ3n) is 4.20. The topological polar surface area (TPSA) is 32.3 Å². The summed E-state index contributed by atoms with van der Waals surface area (Å²) in [6, 6.07) is 0.636. The average Bonchev–Trinajstić information content (AvgIpc) is 2.87. The fourth-order valence-corrected chi connectivity index (χ4v) is 3.12. The molecule has 98 valence electrons. The molecule has 1 heterocycles. The van der Waals surface area contributed by atoms with Crippen molar-refractivity contribution < 1.29 is 4.79 Å². The van der Waals surface area contributed by atoms with Crippen molar-refractivity contribution in [2.75, 3.05) is 19.6 Å². The van der Waals surface area contributed by atoms with Gasteiger partial charge in [0.1, 0.15) is 0 Å². The quantitative estimate of drug-likeness (QED) is 0.814. The van der Waals surface area contributed by atoms with E-state index in [9.17, 15) is 4.79 Å². The van der Waals surface area contributed by atoms with Gasteiger partial charge in [-0.3, -0.25) is 4.79 Å². The molecule has 1 aliphatic heterocycles. The first-order valence-electron chi connectivity index (χ1n) is 7.08. The largest absolute Gasteiger partial charge is 0.343 e. The minimum atomic E-state index is 0.340. The first-order chi connectivity index (χ1) is 8.07. The van der Waals surface area contributed by atoms with E-state index < -0.39 is 0 Å². The molecule has 0 aromatic rings. The lowest BCUT2D eigenvalue weighted by Crippen LogP contribution is -2.34. The van der Waals surface area contributed by atoms with Crippen LogP contribution in [-0.2, 0) is 4.79 Å². The van der Waals surface area contributed by atoms with E-state index in [4.69, 9.17) is 0 Å². The highest BCUT2D eigenvalue weighted by molar-refractivity contribution is 5.76. The fraction of sp³-hybridized carbons (Fsp3) is 0.929. The van der Waals surface area contributed by atoms with Crippen LogP contribution in [0.4, 0.5) is 0 Å². The molecule has 17 heavy (non-hydrogen) atoms. The molecule has 2 aliphatic rings. The summed E-state index contributed by atoms with van der Waals surface area (Å²) < 4.78 is 0. The lowest BCUT2D eigenvalue weighted by Gasteiger charge is -2.19. The number of likely N-dealkylation sites (tertiary alicyclic amines) is 1. The Hall–Kier alpha value is -0.570. The normalized spacial score (nSPS) is 27.6. The molecule has 1 atom stereocenters.